The maximum Gasteiger partial charge on any atom is 0.237 e. The van der Waals surface area contributed by atoms with Crippen molar-refractivity contribution in [3.63, 3.8) is 0 Å². The Hall–Kier alpha value is -0.570. The molecule has 2 aliphatic rings. The van der Waals surface area contributed by atoms with Crippen LogP contribution in [0, 0.1) is 11.3 Å². The standard InChI is InChI=1S/C15H28N2O/c1-15(2,3)11-7-4-5-8-12(11)17-13-9-6-10-16-14(13)18/h11-13,17H,4-10H2,1-3H3,(H,16,18). The van der Waals surface area contributed by atoms with Crippen LogP contribution in [0.4, 0.5) is 0 Å². The first kappa shape index (κ1) is 13.9. The smallest absolute Gasteiger partial charge is 0.237 e. The van der Waals surface area contributed by atoms with Gasteiger partial charge in [-0.05, 0) is 37.0 Å². The lowest BCUT2D eigenvalue weighted by molar-refractivity contribution is -0.125. The zero-order valence-corrected chi connectivity index (χ0v) is 12.1. The molecule has 18 heavy (non-hydrogen) atoms. The van der Waals surface area contributed by atoms with E-state index in [-0.39, 0.29) is 11.9 Å². The third-order valence-corrected chi connectivity index (χ3v) is 4.58. The quantitative estimate of drug-likeness (QED) is 0.792. The highest BCUT2D eigenvalue weighted by Gasteiger charge is 2.36. The molecule has 2 fully saturated rings. The molecule has 1 amide bonds. The Morgan fingerprint density at radius 1 is 1.11 bits per heavy atom. The van der Waals surface area contributed by atoms with E-state index in [1.165, 1.54) is 25.7 Å². The van der Waals surface area contributed by atoms with Crippen molar-refractivity contribution in [2.24, 2.45) is 11.3 Å². The van der Waals surface area contributed by atoms with Gasteiger partial charge in [0.1, 0.15) is 0 Å². The van der Waals surface area contributed by atoms with Gasteiger partial charge in [0.2, 0.25) is 5.91 Å². The van der Waals surface area contributed by atoms with E-state index in [0.717, 1.165) is 19.4 Å². The molecule has 1 saturated heterocycles. The Kier molecular flexibility index (Phi) is 4.31. The maximum atomic E-state index is 11.9. The molecule has 1 saturated carbocycles. The summed E-state index contributed by atoms with van der Waals surface area (Å²) in [5, 5.41) is 6.63. The van der Waals surface area contributed by atoms with E-state index in [9.17, 15) is 4.79 Å². The second kappa shape index (κ2) is 5.60. The van der Waals surface area contributed by atoms with Gasteiger partial charge in [0.15, 0.2) is 0 Å². The van der Waals surface area contributed by atoms with E-state index in [1.54, 1.807) is 0 Å². The average molecular weight is 252 g/mol. The second-order valence-electron chi connectivity index (χ2n) is 7.02. The maximum absolute atomic E-state index is 11.9. The number of carbonyl (C=O) groups is 1. The van der Waals surface area contributed by atoms with E-state index in [4.69, 9.17) is 0 Å². The van der Waals surface area contributed by atoms with Crippen LogP contribution in [0.1, 0.15) is 59.3 Å². The Labute approximate surface area is 111 Å². The molecule has 0 bridgehead atoms. The highest BCUT2D eigenvalue weighted by Crippen LogP contribution is 2.38. The number of amides is 1. The fourth-order valence-corrected chi connectivity index (χ4v) is 3.56. The summed E-state index contributed by atoms with van der Waals surface area (Å²) in [6.07, 6.45) is 7.28. The third kappa shape index (κ3) is 3.25. The third-order valence-electron chi connectivity index (χ3n) is 4.58. The molecule has 0 aromatic heterocycles. The van der Waals surface area contributed by atoms with Gasteiger partial charge < -0.3 is 10.6 Å². The minimum atomic E-state index is 0.0479. The predicted molar refractivity (Wildman–Crippen MR) is 74.4 cm³/mol. The summed E-state index contributed by atoms with van der Waals surface area (Å²) in [5.41, 5.74) is 0.337. The summed E-state index contributed by atoms with van der Waals surface area (Å²) in [4.78, 5) is 11.9. The van der Waals surface area contributed by atoms with E-state index >= 15 is 0 Å². The lowest BCUT2D eigenvalue weighted by atomic mass is 9.69. The minimum absolute atomic E-state index is 0.0479. The van der Waals surface area contributed by atoms with Crippen molar-refractivity contribution in [2.75, 3.05) is 6.54 Å². The molecule has 2 N–H and O–H groups in total. The van der Waals surface area contributed by atoms with Crippen LogP contribution >= 0.6 is 0 Å². The fourth-order valence-electron chi connectivity index (χ4n) is 3.56. The van der Waals surface area contributed by atoms with E-state index in [0.29, 0.717) is 17.4 Å². The molecule has 1 aliphatic heterocycles. The van der Waals surface area contributed by atoms with Crippen LogP contribution in [0.3, 0.4) is 0 Å². The number of piperidine rings is 1. The molecule has 1 aliphatic carbocycles. The number of hydrogen-bond acceptors (Lipinski definition) is 2. The van der Waals surface area contributed by atoms with Crippen LogP contribution in [0.5, 0.6) is 0 Å². The molecule has 3 heteroatoms. The van der Waals surface area contributed by atoms with Crippen LogP contribution in [-0.4, -0.2) is 24.5 Å². The number of rotatable bonds is 2. The van der Waals surface area contributed by atoms with Gasteiger partial charge in [0.05, 0.1) is 6.04 Å². The number of nitrogens with one attached hydrogen (secondary N) is 2. The van der Waals surface area contributed by atoms with Gasteiger partial charge in [-0.25, -0.2) is 0 Å². The SMILES string of the molecule is CC(C)(C)C1CCCCC1NC1CCCNC1=O. The van der Waals surface area contributed by atoms with Gasteiger partial charge in [-0.2, -0.15) is 0 Å². The Morgan fingerprint density at radius 3 is 2.50 bits per heavy atom. The van der Waals surface area contributed by atoms with Gasteiger partial charge >= 0.3 is 0 Å². The minimum Gasteiger partial charge on any atom is -0.355 e. The topological polar surface area (TPSA) is 41.1 Å². The van der Waals surface area contributed by atoms with Crippen LogP contribution in [-0.2, 0) is 4.79 Å². The summed E-state index contributed by atoms with van der Waals surface area (Å²) in [5.74, 6) is 0.903. The van der Waals surface area contributed by atoms with E-state index in [2.05, 4.69) is 31.4 Å². The first-order valence-electron chi connectivity index (χ1n) is 7.52. The van der Waals surface area contributed by atoms with Crippen LogP contribution in [0.25, 0.3) is 0 Å². The number of carbonyl (C=O) groups excluding carboxylic acids is 1. The summed E-state index contributed by atoms with van der Waals surface area (Å²) in [6, 6.07) is 0.569. The molecule has 0 aromatic carbocycles. The lowest BCUT2D eigenvalue weighted by Gasteiger charge is -2.42. The van der Waals surface area contributed by atoms with E-state index in [1.807, 2.05) is 0 Å². The first-order valence-corrected chi connectivity index (χ1v) is 7.52. The Bertz CT molecular complexity index is 295. The van der Waals surface area contributed by atoms with Gasteiger partial charge in [-0.1, -0.05) is 33.6 Å². The highest BCUT2D eigenvalue weighted by molar-refractivity contribution is 5.82. The molecular weight excluding hydrogens is 224 g/mol. The molecule has 0 radical (unpaired) electrons. The lowest BCUT2D eigenvalue weighted by Crippen LogP contribution is -2.55. The van der Waals surface area contributed by atoms with Gasteiger partial charge in [-0.3, -0.25) is 4.79 Å². The number of hydrogen-bond donors (Lipinski definition) is 2. The van der Waals surface area contributed by atoms with Gasteiger partial charge in [0.25, 0.3) is 0 Å². The normalized spacial score (nSPS) is 34.2. The van der Waals surface area contributed by atoms with Gasteiger partial charge in [0, 0.05) is 12.6 Å². The molecule has 3 atom stereocenters. The zero-order chi connectivity index (χ0) is 13.2. The van der Waals surface area contributed by atoms with Crippen molar-refractivity contribution in [2.45, 2.75) is 71.4 Å². The molecule has 0 spiro atoms. The van der Waals surface area contributed by atoms with Crippen LogP contribution < -0.4 is 10.6 Å². The molecular formula is C15H28N2O. The van der Waals surface area contributed by atoms with Crippen LogP contribution in [0.15, 0.2) is 0 Å². The molecule has 2 rings (SSSR count). The summed E-state index contributed by atoms with van der Waals surface area (Å²) in [6.45, 7) is 7.85. The summed E-state index contributed by atoms with van der Waals surface area (Å²) >= 11 is 0. The van der Waals surface area contributed by atoms with Crippen LogP contribution in [0.2, 0.25) is 0 Å². The predicted octanol–water partition coefficient (Wildman–Crippen LogP) is 2.46. The average Bonchev–Trinajstić information content (AvgIpc) is 2.31. The highest BCUT2D eigenvalue weighted by atomic mass is 16.2. The summed E-state index contributed by atoms with van der Waals surface area (Å²) in [7, 11) is 0. The molecule has 1 heterocycles. The zero-order valence-electron chi connectivity index (χ0n) is 12.1. The van der Waals surface area contributed by atoms with Gasteiger partial charge in [-0.15, -0.1) is 0 Å². The van der Waals surface area contributed by atoms with Crippen molar-refractivity contribution in [3.05, 3.63) is 0 Å². The first-order chi connectivity index (χ1) is 8.48. The Morgan fingerprint density at radius 2 is 1.83 bits per heavy atom. The second-order valence-corrected chi connectivity index (χ2v) is 7.02. The molecule has 3 nitrogen and oxygen atoms in total. The van der Waals surface area contributed by atoms with Crippen molar-refractivity contribution >= 4 is 5.91 Å². The fraction of sp³-hybridized carbons (Fsp3) is 0.933. The monoisotopic (exact) mass is 252 g/mol. The van der Waals surface area contributed by atoms with Crippen molar-refractivity contribution < 1.29 is 4.79 Å². The van der Waals surface area contributed by atoms with Crippen molar-refractivity contribution in [1.82, 2.24) is 10.6 Å². The molecule has 3 unspecified atom stereocenters. The molecule has 0 aromatic rings. The largest absolute Gasteiger partial charge is 0.355 e. The van der Waals surface area contributed by atoms with E-state index < -0.39 is 0 Å². The molecule has 104 valence electrons. The van der Waals surface area contributed by atoms with Crippen molar-refractivity contribution in [1.29, 1.82) is 0 Å². The Balaban J connectivity index is 1.98. The summed E-state index contributed by atoms with van der Waals surface area (Å²) < 4.78 is 0. The van der Waals surface area contributed by atoms with Crippen molar-refractivity contribution in [3.8, 4) is 0 Å².